The number of rotatable bonds is 1. The van der Waals surface area contributed by atoms with E-state index in [2.05, 4.69) is 13.2 Å². The van der Waals surface area contributed by atoms with Gasteiger partial charge in [0.2, 0.25) is 5.91 Å². The van der Waals surface area contributed by atoms with Gasteiger partial charge in [-0.2, -0.15) is 0 Å². The van der Waals surface area contributed by atoms with Crippen molar-refractivity contribution >= 4 is 5.91 Å². The fourth-order valence-electron chi connectivity index (χ4n) is 2.30. The van der Waals surface area contributed by atoms with E-state index >= 15 is 0 Å². The van der Waals surface area contributed by atoms with Gasteiger partial charge in [0.1, 0.15) is 6.20 Å². The van der Waals surface area contributed by atoms with Gasteiger partial charge in [-0.05, 0) is 0 Å². The summed E-state index contributed by atoms with van der Waals surface area (Å²) in [4.78, 5) is 11.0. The highest BCUT2D eigenvalue weighted by Gasteiger charge is 2.39. The molecule has 1 saturated heterocycles. The number of hydrogen-bond donors (Lipinski definition) is 1. The summed E-state index contributed by atoms with van der Waals surface area (Å²) in [7, 11) is 2.16. The number of nitrogens with two attached hydrogens (primary N) is 1. The second-order valence-corrected chi connectivity index (χ2v) is 4.15. The van der Waals surface area contributed by atoms with Gasteiger partial charge in [-0.3, -0.25) is 9.28 Å². The lowest BCUT2D eigenvalue weighted by molar-refractivity contribution is -0.870. The van der Waals surface area contributed by atoms with Gasteiger partial charge < -0.3 is 5.73 Å². The molecule has 3 nitrogen and oxygen atoms in total. The number of piperidine rings is 1. The predicted octanol–water partition coefficient (Wildman–Crippen LogP) is 0.226. The lowest BCUT2D eigenvalue weighted by Crippen LogP contribution is -2.51. The van der Waals surface area contributed by atoms with Crippen molar-refractivity contribution in [1.29, 1.82) is 0 Å². The van der Waals surface area contributed by atoms with Crippen molar-refractivity contribution in [3.8, 4) is 0 Å². The molecule has 3 aliphatic rings. The molecule has 0 aromatic heterocycles. The summed E-state index contributed by atoms with van der Waals surface area (Å²) >= 11 is 0. The Morgan fingerprint density at radius 2 is 2.17 bits per heavy atom. The minimum absolute atomic E-state index is 0.219. The maximum Gasteiger partial charge on any atom is 0.250 e. The molecule has 0 saturated carbocycles. The second-order valence-electron chi connectivity index (χ2n) is 4.15. The molecule has 3 aliphatic heterocycles. The first-order chi connectivity index (χ1) is 5.61. The first-order valence-corrected chi connectivity index (χ1v) is 4.47. The molecule has 0 aromatic carbocycles. The number of nitrogens with zero attached hydrogens (tertiary/aromatic N) is 1. The van der Waals surface area contributed by atoms with E-state index in [9.17, 15) is 4.79 Å². The van der Waals surface area contributed by atoms with Crippen LogP contribution in [0.5, 0.6) is 0 Å². The number of carbonyl (C=O) groups is 1. The summed E-state index contributed by atoms with van der Waals surface area (Å²) in [6, 6.07) is 0. The quantitative estimate of drug-likeness (QED) is 0.558. The van der Waals surface area contributed by atoms with Crippen molar-refractivity contribution in [2.45, 2.75) is 12.8 Å². The van der Waals surface area contributed by atoms with Crippen LogP contribution in [0.15, 0.2) is 11.8 Å². The van der Waals surface area contributed by atoms with Crippen molar-refractivity contribution in [1.82, 2.24) is 0 Å². The lowest BCUT2D eigenvalue weighted by Gasteiger charge is -2.43. The highest BCUT2D eigenvalue weighted by Crippen LogP contribution is 2.34. The van der Waals surface area contributed by atoms with Crippen molar-refractivity contribution in [2.24, 2.45) is 11.7 Å². The smallest absolute Gasteiger partial charge is 0.250 e. The minimum atomic E-state index is -0.219. The molecule has 0 radical (unpaired) electrons. The van der Waals surface area contributed by atoms with Gasteiger partial charge in [-0.15, -0.1) is 0 Å². The number of amides is 1. The first kappa shape index (κ1) is 7.80. The number of hydrogen-bond acceptors (Lipinski definition) is 1. The molecule has 0 aromatic rings. The number of quaternary nitrogens is 1. The van der Waals surface area contributed by atoms with Crippen LogP contribution in [0.2, 0.25) is 0 Å². The van der Waals surface area contributed by atoms with Crippen LogP contribution in [0.4, 0.5) is 0 Å². The normalized spacial score (nSPS) is 39.4. The van der Waals surface area contributed by atoms with Gasteiger partial charge in [0.15, 0.2) is 0 Å². The monoisotopic (exact) mass is 167 g/mol. The molecule has 12 heavy (non-hydrogen) atoms. The maximum absolute atomic E-state index is 11.0. The van der Waals surface area contributed by atoms with Gasteiger partial charge in [0, 0.05) is 18.8 Å². The van der Waals surface area contributed by atoms with E-state index in [0.29, 0.717) is 5.92 Å². The summed E-state index contributed by atoms with van der Waals surface area (Å²) < 4.78 is 0.911. The Kier molecular flexibility index (Phi) is 1.51. The van der Waals surface area contributed by atoms with E-state index < -0.39 is 0 Å². The Bertz CT molecular complexity index is 249. The van der Waals surface area contributed by atoms with Crippen LogP contribution in [-0.4, -0.2) is 30.5 Å². The Morgan fingerprint density at radius 1 is 1.58 bits per heavy atom. The lowest BCUT2D eigenvalue weighted by atomic mass is 9.84. The average molecular weight is 167 g/mol. The van der Waals surface area contributed by atoms with E-state index in [1.807, 2.05) is 0 Å². The van der Waals surface area contributed by atoms with E-state index in [1.165, 1.54) is 13.1 Å². The number of primary amides is 1. The van der Waals surface area contributed by atoms with Gasteiger partial charge in [0.25, 0.3) is 0 Å². The van der Waals surface area contributed by atoms with Gasteiger partial charge in [0.05, 0.1) is 25.7 Å². The van der Waals surface area contributed by atoms with Gasteiger partial charge in [-0.25, -0.2) is 0 Å². The fourth-order valence-corrected chi connectivity index (χ4v) is 2.30. The van der Waals surface area contributed by atoms with Crippen LogP contribution in [-0.2, 0) is 4.79 Å². The topological polar surface area (TPSA) is 43.1 Å². The van der Waals surface area contributed by atoms with Gasteiger partial charge >= 0.3 is 0 Å². The molecule has 0 atom stereocenters. The zero-order chi connectivity index (χ0) is 8.77. The van der Waals surface area contributed by atoms with Gasteiger partial charge in [-0.1, -0.05) is 0 Å². The van der Waals surface area contributed by atoms with Crippen LogP contribution < -0.4 is 5.73 Å². The average Bonchev–Trinajstić information content (AvgIpc) is 2.04. The summed E-state index contributed by atoms with van der Waals surface area (Å²) in [6.45, 7) is 2.34. The molecule has 66 valence electrons. The van der Waals surface area contributed by atoms with Crippen LogP contribution >= 0.6 is 0 Å². The third-order valence-electron chi connectivity index (χ3n) is 3.15. The SMILES string of the molecule is C[N+]12C=C(C(N)=O)C(CC1)CC2. The Balaban J connectivity index is 2.35. The Morgan fingerprint density at radius 3 is 2.50 bits per heavy atom. The molecule has 2 N–H and O–H groups in total. The number of fused-ring (bicyclic) bond motifs is 2. The molecule has 0 aliphatic carbocycles. The van der Waals surface area contributed by atoms with E-state index in [1.54, 1.807) is 0 Å². The van der Waals surface area contributed by atoms with Crippen LogP contribution in [0, 0.1) is 5.92 Å². The fraction of sp³-hybridized carbons (Fsp3) is 0.667. The molecule has 3 heteroatoms. The Labute approximate surface area is 72.4 Å². The summed E-state index contributed by atoms with van der Waals surface area (Å²) in [5.41, 5.74) is 6.17. The highest BCUT2D eigenvalue weighted by atomic mass is 16.1. The molecule has 3 rings (SSSR count). The molecule has 1 fully saturated rings. The third-order valence-corrected chi connectivity index (χ3v) is 3.15. The Hall–Kier alpha value is -0.830. The van der Waals surface area contributed by atoms with Crippen molar-refractivity contribution in [2.75, 3.05) is 20.1 Å². The van der Waals surface area contributed by atoms with Crippen LogP contribution in [0.1, 0.15) is 12.8 Å². The zero-order valence-electron chi connectivity index (χ0n) is 7.42. The zero-order valence-corrected chi connectivity index (χ0v) is 7.42. The minimum Gasteiger partial charge on any atom is -0.366 e. The van der Waals surface area contributed by atoms with Crippen molar-refractivity contribution in [3.63, 3.8) is 0 Å². The predicted molar refractivity (Wildman–Crippen MR) is 45.9 cm³/mol. The van der Waals surface area contributed by atoms with E-state index in [0.717, 1.165) is 22.9 Å². The third kappa shape index (κ3) is 1.05. The summed E-state index contributed by atoms with van der Waals surface area (Å²) in [5.74, 6) is 0.242. The summed E-state index contributed by atoms with van der Waals surface area (Å²) in [6.07, 6.45) is 4.32. The second kappa shape index (κ2) is 2.33. The summed E-state index contributed by atoms with van der Waals surface area (Å²) in [5, 5.41) is 0. The molecule has 3 heterocycles. The molecule has 0 spiro atoms. The number of carbonyl (C=O) groups excluding carboxylic acids is 1. The molecule has 1 amide bonds. The maximum atomic E-state index is 11.0. The van der Waals surface area contributed by atoms with Crippen molar-refractivity contribution < 1.29 is 9.28 Å². The van der Waals surface area contributed by atoms with E-state index in [4.69, 9.17) is 5.73 Å². The molecule has 0 unspecified atom stereocenters. The van der Waals surface area contributed by atoms with E-state index in [-0.39, 0.29) is 5.91 Å². The molecular weight excluding hydrogens is 152 g/mol. The van der Waals surface area contributed by atoms with Crippen LogP contribution in [0.25, 0.3) is 0 Å². The largest absolute Gasteiger partial charge is 0.366 e. The first-order valence-electron chi connectivity index (χ1n) is 4.47. The highest BCUT2D eigenvalue weighted by molar-refractivity contribution is 5.92. The van der Waals surface area contributed by atoms with Crippen molar-refractivity contribution in [3.05, 3.63) is 11.8 Å². The molecule has 2 bridgehead atoms. The molecular formula is C9H15N2O+. The standard InChI is InChI=1S/C9H14N2O/c1-11-4-2-7(3-5-11)8(6-11)9(10)12/h6-7H,2-5H2,1H3,(H-,10,12)/p+1. The van der Waals surface area contributed by atoms with Crippen LogP contribution in [0.3, 0.4) is 0 Å².